The Morgan fingerprint density at radius 2 is 2.00 bits per heavy atom. The third-order valence-electron chi connectivity index (χ3n) is 2.10. The minimum atomic E-state index is -4.97. The SMILES string of the molecule is O=C(Nc1cnc(-c2ccccc2Br)o1)C(F)(F)F. The van der Waals surface area contributed by atoms with Gasteiger partial charge in [-0.15, -0.1) is 0 Å². The number of aromatic nitrogens is 1. The van der Waals surface area contributed by atoms with Crippen LogP contribution < -0.4 is 5.32 Å². The summed E-state index contributed by atoms with van der Waals surface area (Å²) >= 11 is 3.26. The summed E-state index contributed by atoms with van der Waals surface area (Å²) in [4.78, 5) is 14.5. The van der Waals surface area contributed by atoms with E-state index >= 15 is 0 Å². The summed E-state index contributed by atoms with van der Waals surface area (Å²) in [5, 5.41) is 1.58. The molecule has 8 heteroatoms. The Kier molecular flexibility index (Phi) is 3.61. The number of benzene rings is 1. The van der Waals surface area contributed by atoms with Crippen molar-refractivity contribution in [1.82, 2.24) is 4.98 Å². The van der Waals surface area contributed by atoms with Gasteiger partial charge >= 0.3 is 12.1 Å². The zero-order valence-electron chi connectivity index (χ0n) is 9.16. The second-order valence-electron chi connectivity index (χ2n) is 3.46. The molecule has 2 rings (SSSR count). The Morgan fingerprint density at radius 1 is 1.32 bits per heavy atom. The van der Waals surface area contributed by atoms with Crippen LogP contribution in [-0.2, 0) is 4.79 Å². The highest BCUT2D eigenvalue weighted by Gasteiger charge is 2.39. The average molecular weight is 335 g/mol. The molecule has 0 aliphatic carbocycles. The second-order valence-corrected chi connectivity index (χ2v) is 4.32. The Bertz CT molecular complexity index is 610. The van der Waals surface area contributed by atoms with Gasteiger partial charge in [-0.1, -0.05) is 12.1 Å². The third-order valence-corrected chi connectivity index (χ3v) is 2.80. The monoisotopic (exact) mass is 334 g/mol. The molecular formula is C11H6BrF3N2O2. The van der Waals surface area contributed by atoms with Crippen LogP contribution in [0.5, 0.6) is 0 Å². The fourth-order valence-electron chi connectivity index (χ4n) is 1.27. The van der Waals surface area contributed by atoms with E-state index in [-0.39, 0.29) is 11.8 Å². The highest BCUT2D eigenvalue weighted by atomic mass is 79.9. The van der Waals surface area contributed by atoms with E-state index < -0.39 is 12.1 Å². The second kappa shape index (κ2) is 5.04. The van der Waals surface area contributed by atoms with E-state index in [1.165, 1.54) is 0 Å². The molecule has 0 saturated carbocycles. The standard InChI is InChI=1S/C11H6BrF3N2O2/c12-7-4-2-1-3-6(7)9-16-5-8(19-9)17-10(18)11(13,14)15/h1-5H,(H,17,18). The minimum absolute atomic E-state index is 0.102. The van der Waals surface area contributed by atoms with Gasteiger partial charge in [0.15, 0.2) is 0 Å². The van der Waals surface area contributed by atoms with Crippen molar-refractivity contribution >= 4 is 27.7 Å². The number of nitrogens with one attached hydrogen (secondary N) is 1. The van der Waals surface area contributed by atoms with E-state index in [4.69, 9.17) is 4.42 Å². The number of amides is 1. The number of carbonyl (C=O) groups excluding carboxylic acids is 1. The van der Waals surface area contributed by atoms with Crippen LogP contribution in [0.15, 0.2) is 39.4 Å². The zero-order valence-corrected chi connectivity index (χ0v) is 10.7. The van der Waals surface area contributed by atoms with Gasteiger partial charge in [-0.05, 0) is 28.1 Å². The normalized spacial score (nSPS) is 11.4. The van der Waals surface area contributed by atoms with Crippen molar-refractivity contribution in [2.45, 2.75) is 6.18 Å². The fourth-order valence-corrected chi connectivity index (χ4v) is 1.73. The van der Waals surface area contributed by atoms with Crippen molar-refractivity contribution < 1.29 is 22.4 Å². The predicted octanol–water partition coefficient (Wildman–Crippen LogP) is 3.60. The van der Waals surface area contributed by atoms with Gasteiger partial charge in [0.1, 0.15) is 0 Å². The van der Waals surface area contributed by atoms with Crippen LogP contribution in [0.25, 0.3) is 11.5 Å². The van der Waals surface area contributed by atoms with Crippen molar-refractivity contribution in [3.63, 3.8) is 0 Å². The summed E-state index contributed by atoms with van der Waals surface area (Å²) in [6.07, 6.45) is -3.96. The van der Waals surface area contributed by atoms with Gasteiger partial charge in [0.2, 0.25) is 11.8 Å². The first-order chi connectivity index (χ1) is 8.88. The molecule has 1 amide bonds. The summed E-state index contributed by atoms with van der Waals surface area (Å²) < 4.78 is 41.9. The molecule has 0 aliphatic rings. The number of nitrogens with zero attached hydrogens (tertiary/aromatic N) is 1. The molecule has 0 radical (unpaired) electrons. The lowest BCUT2D eigenvalue weighted by atomic mass is 10.2. The maximum absolute atomic E-state index is 12.0. The molecule has 4 nitrogen and oxygen atoms in total. The zero-order chi connectivity index (χ0) is 14.0. The molecule has 0 aliphatic heterocycles. The summed E-state index contributed by atoms with van der Waals surface area (Å²) in [6.45, 7) is 0. The molecule has 0 atom stereocenters. The number of hydrogen-bond donors (Lipinski definition) is 1. The minimum Gasteiger partial charge on any atom is -0.420 e. The largest absolute Gasteiger partial charge is 0.471 e. The highest BCUT2D eigenvalue weighted by Crippen LogP contribution is 2.29. The fraction of sp³-hybridized carbons (Fsp3) is 0.0909. The van der Waals surface area contributed by atoms with Gasteiger partial charge in [-0.25, -0.2) is 4.98 Å². The van der Waals surface area contributed by atoms with Gasteiger partial charge in [-0.2, -0.15) is 13.2 Å². The first-order valence-corrected chi connectivity index (χ1v) is 5.76. The Morgan fingerprint density at radius 3 is 2.63 bits per heavy atom. The van der Waals surface area contributed by atoms with Crippen molar-refractivity contribution in [3.8, 4) is 11.5 Å². The smallest absolute Gasteiger partial charge is 0.420 e. The van der Waals surface area contributed by atoms with Crippen LogP contribution >= 0.6 is 15.9 Å². The number of hydrogen-bond acceptors (Lipinski definition) is 3. The van der Waals surface area contributed by atoms with Gasteiger partial charge in [-0.3, -0.25) is 10.1 Å². The molecule has 0 fully saturated rings. The maximum atomic E-state index is 12.0. The molecule has 0 spiro atoms. The molecular weight excluding hydrogens is 329 g/mol. The van der Waals surface area contributed by atoms with Crippen molar-refractivity contribution in [2.75, 3.05) is 5.32 Å². The lowest BCUT2D eigenvalue weighted by Gasteiger charge is -2.04. The third kappa shape index (κ3) is 3.14. The van der Waals surface area contributed by atoms with Crippen molar-refractivity contribution in [3.05, 3.63) is 34.9 Å². The molecule has 1 N–H and O–H groups in total. The summed E-state index contributed by atoms with van der Waals surface area (Å²) in [6, 6.07) is 6.89. The molecule has 1 aromatic carbocycles. The van der Waals surface area contributed by atoms with Crippen LogP contribution in [-0.4, -0.2) is 17.1 Å². The van der Waals surface area contributed by atoms with Gasteiger partial charge in [0.05, 0.1) is 11.8 Å². The molecule has 2 aromatic rings. The number of carbonyl (C=O) groups is 1. The van der Waals surface area contributed by atoms with E-state index in [1.54, 1.807) is 29.6 Å². The Labute approximate surface area is 113 Å². The van der Waals surface area contributed by atoms with Crippen molar-refractivity contribution in [2.24, 2.45) is 0 Å². The van der Waals surface area contributed by atoms with E-state index in [0.29, 0.717) is 10.0 Å². The molecule has 0 unspecified atom stereocenters. The Hall–Kier alpha value is -1.83. The van der Waals surface area contributed by atoms with E-state index in [2.05, 4.69) is 20.9 Å². The predicted molar refractivity (Wildman–Crippen MR) is 64.3 cm³/mol. The Balaban J connectivity index is 2.21. The molecule has 19 heavy (non-hydrogen) atoms. The lowest BCUT2D eigenvalue weighted by molar-refractivity contribution is -0.167. The quantitative estimate of drug-likeness (QED) is 0.912. The topological polar surface area (TPSA) is 55.1 Å². The summed E-state index contributed by atoms with van der Waals surface area (Å²) in [5.41, 5.74) is 0.565. The highest BCUT2D eigenvalue weighted by molar-refractivity contribution is 9.10. The van der Waals surface area contributed by atoms with Crippen LogP contribution in [0.4, 0.5) is 19.1 Å². The first kappa shape index (κ1) is 13.6. The number of anilines is 1. The van der Waals surface area contributed by atoms with Gasteiger partial charge in [0, 0.05) is 4.47 Å². The molecule has 1 heterocycles. The molecule has 1 aromatic heterocycles. The van der Waals surface area contributed by atoms with Gasteiger partial charge < -0.3 is 4.42 Å². The van der Waals surface area contributed by atoms with Crippen LogP contribution in [0.3, 0.4) is 0 Å². The molecule has 0 saturated heterocycles. The summed E-state index contributed by atoms with van der Waals surface area (Å²) in [5.74, 6) is -2.37. The number of alkyl halides is 3. The summed E-state index contributed by atoms with van der Waals surface area (Å²) in [7, 11) is 0. The van der Waals surface area contributed by atoms with E-state index in [0.717, 1.165) is 6.20 Å². The number of rotatable bonds is 2. The van der Waals surface area contributed by atoms with Crippen molar-refractivity contribution in [1.29, 1.82) is 0 Å². The first-order valence-electron chi connectivity index (χ1n) is 4.97. The van der Waals surface area contributed by atoms with E-state index in [9.17, 15) is 18.0 Å². The van der Waals surface area contributed by atoms with Gasteiger partial charge in [0.25, 0.3) is 0 Å². The van der Waals surface area contributed by atoms with Crippen LogP contribution in [0, 0.1) is 0 Å². The number of oxazole rings is 1. The van der Waals surface area contributed by atoms with E-state index in [1.807, 2.05) is 0 Å². The number of halogens is 4. The van der Waals surface area contributed by atoms with Crippen LogP contribution in [0.1, 0.15) is 0 Å². The molecule has 0 bridgehead atoms. The van der Waals surface area contributed by atoms with Crippen LogP contribution in [0.2, 0.25) is 0 Å². The average Bonchev–Trinajstić information content (AvgIpc) is 2.76. The molecule has 100 valence electrons. The lowest BCUT2D eigenvalue weighted by Crippen LogP contribution is -2.29. The maximum Gasteiger partial charge on any atom is 0.471 e.